The van der Waals surface area contributed by atoms with Gasteiger partial charge < -0.3 is 25.8 Å². The summed E-state index contributed by atoms with van der Waals surface area (Å²) < 4.78 is 28.3. The minimum Gasteiger partial charge on any atom is -0.394 e. The maximum Gasteiger partial charge on any atom is 0.351 e. The van der Waals surface area contributed by atoms with Crippen LogP contribution in [0, 0.1) is 0 Å². The van der Waals surface area contributed by atoms with Crippen LogP contribution in [0.3, 0.4) is 0 Å². The normalized spacial score (nSPS) is 30.8. The molecule has 1 saturated heterocycles. The molecule has 0 bridgehead atoms. The molecule has 1 fully saturated rings. The number of hydrogen-bond donors (Lipinski definition) is 4. The molecule has 0 unspecified atom stereocenters. The van der Waals surface area contributed by atoms with E-state index in [1.807, 2.05) is 0 Å². The Kier molecular flexibility index (Phi) is 2.64. The molecule has 0 spiro atoms. The summed E-state index contributed by atoms with van der Waals surface area (Å²) in [6.07, 6.45) is -3.86. The van der Waals surface area contributed by atoms with Gasteiger partial charge in [0.1, 0.15) is 18.1 Å². The molecule has 3 atom stereocenters. The smallest absolute Gasteiger partial charge is 0.351 e. The van der Waals surface area contributed by atoms with Crippen molar-refractivity contribution in [2.24, 2.45) is 0 Å². The average molecular weight is 260 g/mol. The predicted molar refractivity (Wildman–Crippen MR) is 60.5 cm³/mol. The molecule has 1 aliphatic heterocycles. The first-order chi connectivity index (χ1) is 9.66. The minimum atomic E-state index is -2.96. The lowest BCUT2D eigenvalue weighted by Crippen LogP contribution is -2.29. The maximum atomic E-state index is 11.9. The van der Waals surface area contributed by atoms with E-state index in [9.17, 15) is 15.0 Å². The average Bonchev–Trinajstić information content (AvgIpc) is 2.67. The van der Waals surface area contributed by atoms with Crippen LogP contribution < -0.4 is 11.4 Å². The lowest BCUT2D eigenvalue weighted by atomic mass is 10.2. The number of hydrogen-bond acceptors (Lipinski definition) is 7. The van der Waals surface area contributed by atoms with Crippen LogP contribution in [-0.2, 0) is 11.3 Å². The fraction of sp³-hybridized carbons (Fsp3) is 0.600. The van der Waals surface area contributed by atoms with Gasteiger partial charge in [0.15, 0.2) is 0 Å². The molecule has 1 aliphatic rings. The van der Waals surface area contributed by atoms with Crippen molar-refractivity contribution in [1.82, 2.24) is 9.55 Å². The van der Waals surface area contributed by atoms with Crippen LogP contribution in [0.15, 0.2) is 11.0 Å². The first-order valence-electron chi connectivity index (χ1n) is 6.72. The Balaban J connectivity index is 2.53. The number of ether oxygens (including phenoxy) is 1. The van der Waals surface area contributed by atoms with Crippen molar-refractivity contribution >= 4 is 5.82 Å². The van der Waals surface area contributed by atoms with Crippen LogP contribution in [0.1, 0.15) is 22.3 Å². The maximum absolute atomic E-state index is 11.9. The molecule has 0 aliphatic carbocycles. The van der Waals surface area contributed by atoms with Gasteiger partial charge in [-0.1, -0.05) is 0 Å². The van der Waals surface area contributed by atoms with Crippen molar-refractivity contribution in [2.45, 2.75) is 31.4 Å². The van der Waals surface area contributed by atoms with Gasteiger partial charge in [-0.3, -0.25) is 4.57 Å². The Morgan fingerprint density at radius 1 is 1.72 bits per heavy atom. The Bertz CT molecular complexity index is 603. The fourth-order valence-corrected chi connectivity index (χ4v) is 1.75. The van der Waals surface area contributed by atoms with E-state index in [1.54, 1.807) is 0 Å². The molecule has 2 rings (SSSR count). The van der Waals surface area contributed by atoms with Crippen molar-refractivity contribution in [2.75, 3.05) is 12.3 Å². The summed E-state index contributed by atoms with van der Waals surface area (Å²) in [4.78, 5) is 15.2. The molecule has 0 aromatic carbocycles. The first-order valence-corrected chi connectivity index (χ1v) is 5.22. The van der Waals surface area contributed by atoms with Crippen molar-refractivity contribution in [3.8, 4) is 0 Å². The molecule has 5 N–H and O–H groups in total. The molecule has 0 saturated carbocycles. The van der Waals surface area contributed by atoms with E-state index in [0.29, 0.717) is 4.57 Å². The highest BCUT2D eigenvalue weighted by Crippen LogP contribution is 2.27. The van der Waals surface area contributed by atoms with Gasteiger partial charge in [-0.05, 0) is 0 Å². The molecule has 18 heavy (non-hydrogen) atoms. The first kappa shape index (κ1) is 9.45. The van der Waals surface area contributed by atoms with Crippen LogP contribution in [0.4, 0.5) is 5.82 Å². The van der Waals surface area contributed by atoms with Gasteiger partial charge in [0.05, 0.1) is 23.4 Å². The highest BCUT2D eigenvalue weighted by atomic mass is 16.5. The van der Waals surface area contributed by atoms with Gasteiger partial charge >= 0.3 is 5.69 Å². The summed E-state index contributed by atoms with van der Waals surface area (Å²) in [5.74, 6) is -0.592. The SMILES string of the molecule is [2H]c1c(C([2H])([2H])O)c(N)nc(=O)n1[C@H]1C[C@@H](O)[C@@H](CO)O1. The van der Waals surface area contributed by atoms with Gasteiger partial charge in [0, 0.05) is 18.2 Å². The monoisotopic (exact) mass is 260 g/mol. The standard InChI is InChI=1S/C10H15N3O5/c11-9-5(3-14)2-13(10(17)12-9)8-1-6(16)7(4-15)18-8/h2,6-8,14-16H,1,3-4H2,(H2,11,12,17)/t6-,7-,8-/m1/s1/i2D,3D2. The summed E-state index contributed by atoms with van der Waals surface area (Å²) >= 11 is 0. The van der Waals surface area contributed by atoms with E-state index in [2.05, 4.69) is 4.98 Å². The van der Waals surface area contributed by atoms with Crippen molar-refractivity contribution in [3.05, 3.63) is 22.2 Å². The molecule has 0 amide bonds. The molecule has 8 heteroatoms. The van der Waals surface area contributed by atoms with Gasteiger partial charge in [-0.25, -0.2) is 4.79 Å². The van der Waals surface area contributed by atoms with Gasteiger partial charge in [-0.2, -0.15) is 4.98 Å². The van der Waals surface area contributed by atoms with Crippen LogP contribution in [0.5, 0.6) is 0 Å². The minimum absolute atomic E-state index is 0.0868. The van der Waals surface area contributed by atoms with Crippen molar-refractivity contribution < 1.29 is 24.2 Å². The van der Waals surface area contributed by atoms with Gasteiger partial charge in [0.25, 0.3) is 0 Å². The van der Waals surface area contributed by atoms with Crippen molar-refractivity contribution in [1.29, 1.82) is 0 Å². The second-order valence-electron chi connectivity index (χ2n) is 3.86. The molecule has 2 heterocycles. The van der Waals surface area contributed by atoms with Gasteiger partial charge in [0.2, 0.25) is 0 Å². The Labute approximate surface area is 106 Å². The highest BCUT2D eigenvalue weighted by molar-refractivity contribution is 5.36. The summed E-state index contributed by atoms with van der Waals surface area (Å²) in [5.41, 5.74) is 3.75. The summed E-state index contributed by atoms with van der Waals surface area (Å²) in [5, 5.41) is 28.1. The Hall–Kier alpha value is -1.48. The van der Waals surface area contributed by atoms with Crippen LogP contribution in [0.25, 0.3) is 0 Å². The van der Waals surface area contributed by atoms with Crippen LogP contribution >= 0.6 is 0 Å². The number of aliphatic hydroxyl groups is 3. The number of aromatic nitrogens is 2. The Morgan fingerprint density at radius 2 is 2.44 bits per heavy atom. The number of rotatable bonds is 3. The zero-order valence-corrected chi connectivity index (χ0v) is 9.28. The molecular formula is C10H15N3O5. The molecule has 1 aromatic heterocycles. The fourth-order valence-electron chi connectivity index (χ4n) is 1.75. The largest absolute Gasteiger partial charge is 0.394 e. The number of aliphatic hydroxyl groups excluding tert-OH is 2. The van der Waals surface area contributed by atoms with Crippen molar-refractivity contribution in [3.63, 3.8) is 0 Å². The number of nitrogens with two attached hydrogens (primary N) is 1. The summed E-state index contributed by atoms with van der Waals surface area (Å²) in [7, 11) is 0. The summed E-state index contributed by atoms with van der Waals surface area (Å²) in [6.45, 7) is -3.44. The quantitative estimate of drug-likeness (QED) is 0.492. The third-order valence-corrected chi connectivity index (χ3v) is 2.69. The third-order valence-electron chi connectivity index (χ3n) is 2.69. The highest BCUT2D eigenvalue weighted by Gasteiger charge is 2.35. The van der Waals surface area contributed by atoms with E-state index in [1.165, 1.54) is 0 Å². The second-order valence-corrected chi connectivity index (χ2v) is 3.86. The van der Waals surface area contributed by atoms with E-state index in [4.69, 9.17) is 19.7 Å². The number of anilines is 1. The second kappa shape index (κ2) is 5.02. The number of nitrogen functional groups attached to an aromatic ring is 1. The predicted octanol–water partition coefficient (Wildman–Crippen LogP) is -2.04. The molecule has 8 nitrogen and oxygen atoms in total. The van der Waals surface area contributed by atoms with Crippen LogP contribution in [-0.4, -0.2) is 43.7 Å². The molecule has 1 aromatic rings. The lowest BCUT2D eigenvalue weighted by molar-refractivity contribution is -0.0459. The zero-order chi connectivity index (χ0) is 15.9. The molecular weight excluding hydrogens is 242 g/mol. The van der Waals surface area contributed by atoms with E-state index >= 15 is 0 Å². The topological polar surface area (TPSA) is 131 Å². The molecule has 100 valence electrons. The van der Waals surface area contributed by atoms with E-state index in [0.717, 1.165) is 0 Å². The van der Waals surface area contributed by atoms with Gasteiger partial charge in [-0.15, -0.1) is 0 Å². The number of nitrogens with zero attached hydrogens (tertiary/aromatic N) is 2. The zero-order valence-electron chi connectivity index (χ0n) is 12.3. The third kappa shape index (κ3) is 2.23. The van der Waals surface area contributed by atoms with Crippen LogP contribution in [0.2, 0.25) is 0 Å². The lowest BCUT2D eigenvalue weighted by Gasteiger charge is -2.15. The Morgan fingerprint density at radius 3 is 3.00 bits per heavy atom. The van der Waals surface area contributed by atoms with E-state index < -0.39 is 54.8 Å². The summed E-state index contributed by atoms with van der Waals surface area (Å²) in [6, 6.07) is 0. The molecule has 0 radical (unpaired) electrons. The van der Waals surface area contributed by atoms with E-state index in [-0.39, 0.29) is 6.42 Å².